The number of hydrogen-bond acceptors (Lipinski definition) is 5. The topological polar surface area (TPSA) is 98.4 Å². The lowest BCUT2D eigenvalue weighted by Crippen LogP contribution is -2.45. The first kappa shape index (κ1) is 15.1. The third kappa shape index (κ3) is 5.67. The Morgan fingerprint density at radius 1 is 1.48 bits per heavy atom. The number of rotatable bonds is 7. The molecule has 0 aromatic carbocycles. The van der Waals surface area contributed by atoms with Gasteiger partial charge in [-0.05, 0) is 25.0 Å². The lowest BCUT2D eigenvalue weighted by molar-refractivity contribution is -0.121. The number of furan rings is 1. The van der Waals surface area contributed by atoms with Crippen LogP contribution in [0.4, 0.5) is 4.79 Å². The van der Waals surface area contributed by atoms with E-state index in [1.165, 1.54) is 0 Å². The number of nitriles is 1. The average Bonchev–Trinajstić information content (AvgIpc) is 3.09. The smallest absolute Gasteiger partial charge is 0.321 e. The van der Waals surface area contributed by atoms with Crippen LogP contribution in [0.1, 0.15) is 25.0 Å². The molecule has 112 valence electrons. The predicted molar refractivity (Wildman–Crippen MR) is 73.9 cm³/mol. The lowest BCUT2D eigenvalue weighted by Gasteiger charge is -2.19. The second kappa shape index (κ2) is 7.45. The van der Waals surface area contributed by atoms with Crippen molar-refractivity contribution in [2.45, 2.75) is 31.8 Å². The molecular formula is C14H18N4O3. The molecule has 0 atom stereocenters. The minimum Gasteiger partial charge on any atom is -0.468 e. The molecule has 7 nitrogen and oxygen atoms in total. The Bertz CT molecular complexity index is 517. The van der Waals surface area contributed by atoms with Crippen molar-refractivity contribution >= 4 is 11.9 Å². The van der Waals surface area contributed by atoms with Gasteiger partial charge in [0.15, 0.2) is 0 Å². The molecule has 7 heteroatoms. The molecule has 0 spiro atoms. The Morgan fingerprint density at radius 3 is 2.90 bits per heavy atom. The maximum atomic E-state index is 11.8. The first-order chi connectivity index (χ1) is 10.2. The van der Waals surface area contributed by atoms with E-state index < -0.39 is 11.9 Å². The number of imide groups is 1. The van der Waals surface area contributed by atoms with Gasteiger partial charge < -0.3 is 9.73 Å². The minimum atomic E-state index is -0.458. The van der Waals surface area contributed by atoms with Gasteiger partial charge in [-0.25, -0.2) is 4.79 Å². The maximum absolute atomic E-state index is 11.8. The van der Waals surface area contributed by atoms with Crippen molar-refractivity contribution < 1.29 is 14.0 Å². The third-order valence-corrected chi connectivity index (χ3v) is 3.03. The second-order valence-corrected chi connectivity index (χ2v) is 4.99. The van der Waals surface area contributed by atoms with E-state index in [0.29, 0.717) is 25.3 Å². The molecule has 1 aromatic heterocycles. The van der Waals surface area contributed by atoms with Gasteiger partial charge in [0, 0.05) is 19.0 Å². The van der Waals surface area contributed by atoms with Gasteiger partial charge in [0.2, 0.25) is 5.91 Å². The van der Waals surface area contributed by atoms with Crippen LogP contribution in [0.25, 0.3) is 0 Å². The van der Waals surface area contributed by atoms with Crippen LogP contribution in [0.3, 0.4) is 0 Å². The average molecular weight is 290 g/mol. The molecule has 0 bridgehead atoms. The van der Waals surface area contributed by atoms with Crippen LogP contribution >= 0.6 is 0 Å². The molecular weight excluding hydrogens is 272 g/mol. The zero-order valence-corrected chi connectivity index (χ0v) is 11.7. The van der Waals surface area contributed by atoms with Crippen molar-refractivity contribution in [3.63, 3.8) is 0 Å². The number of amides is 3. The summed E-state index contributed by atoms with van der Waals surface area (Å²) >= 11 is 0. The van der Waals surface area contributed by atoms with Gasteiger partial charge in [-0.2, -0.15) is 5.26 Å². The molecule has 1 fully saturated rings. The number of hydrogen-bond donors (Lipinski definition) is 2. The predicted octanol–water partition coefficient (Wildman–Crippen LogP) is 0.983. The molecule has 0 radical (unpaired) electrons. The summed E-state index contributed by atoms with van der Waals surface area (Å²) in [5, 5.41) is 13.6. The quantitative estimate of drug-likeness (QED) is 0.780. The maximum Gasteiger partial charge on any atom is 0.321 e. The number of urea groups is 1. The van der Waals surface area contributed by atoms with E-state index in [0.717, 1.165) is 12.8 Å². The van der Waals surface area contributed by atoms with Gasteiger partial charge >= 0.3 is 6.03 Å². The van der Waals surface area contributed by atoms with Crippen LogP contribution in [0.2, 0.25) is 0 Å². The van der Waals surface area contributed by atoms with Crippen LogP contribution < -0.4 is 10.6 Å². The van der Waals surface area contributed by atoms with Gasteiger partial charge in [-0.3, -0.25) is 15.0 Å². The van der Waals surface area contributed by atoms with Crippen molar-refractivity contribution in [2.75, 3.05) is 13.1 Å². The first-order valence-corrected chi connectivity index (χ1v) is 6.89. The zero-order valence-electron chi connectivity index (χ0n) is 11.7. The molecule has 1 aliphatic rings. The van der Waals surface area contributed by atoms with Crippen molar-refractivity contribution in [2.24, 2.45) is 0 Å². The molecule has 0 aliphatic heterocycles. The van der Waals surface area contributed by atoms with Crippen molar-refractivity contribution in [3.05, 3.63) is 24.2 Å². The zero-order chi connectivity index (χ0) is 15.1. The monoisotopic (exact) mass is 290 g/mol. The third-order valence-electron chi connectivity index (χ3n) is 3.03. The van der Waals surface area contributed by atoms with E-state index in [1.807, 2.05) is 6.07 Å². The Hall–Kier alpha value is -2.33. The fourth-order valence-electron chi connectivity index (χ4n) is 1.86. The molecule has 21 heavy (non-hydrogen) atoms. The van der Waals surface area contributed by atoms with E-state index in [9.17, 15) is 9.59 Å². The molecule has 3 amide bonds. The SMILES string of the molecule is N#CCCN(CC(=O)NC(=O)NC1CC1)Cc1ccco1. The van der Waals surface area contributed by atoms with Crippen molar-refractivity contribution in [1.29, 1.82) is 5.26 Å². The van der Waals surface area contributed by atoms with Crippen LogP contribution in [0, 0.1) is 11.3 Å². The van der Waals surface area contributed by atoms with Gasteiger partial charge in [0.25, 0.3) is 0 Å². The second-order valence-electron chi connectivity index (χ2n) is 4.99. The van der Waals surface area contributed by atoms with E-state index in [4.69, 9.17) is 9.68 Å². The largest absolute Gasteiger partial charge is 0.468 e. The Morgan fingerprint density at radius 2 is 2.29 bits per heavy atom. The van der Waals surface area contributed by atoms with Gasteiger partial charge in [0.1, 0.15) is 5.76 Å². The standard InChI is InChI=1S/C14H18N4O3/c15-6-2-7-18(9-12-3-1-8-21-12)10-13(19)17-14(20)16-11-4-5-11/h1,3,8,11H,2,4-5,7,9-10H2,(H2,16,17,19,20). The normalized spacial score (nSPS) is 13.7. The summed E-state index contributed by atoms with van der Waals surface area (Å²) in [4.78, 5) is 25.1. The van der Waals surface area contributed by atoms with Crippen molar-refractivity contribution in [3.8, 4) is 6.07 Å². The van der Waals surface area contributed by atoms with Gasteiger partial charge in [-0.15, -0.1) is 0 Å². The summed E-state index contributed by atoms with van der Waals surface area (Å²) in [6.07, 6.45) is 3.80. The first-order valence-electron chi connectivity index (χ1n) is 6.89. The summed E-state index contributed by atoms with van der Waals surface area (Å²) in [5.74, 6) is 0.320. The van der Waals surface area contributed by atoms with Crippen LogP contribution in [0.5, 0.6) is 0 Å². The lowest BCUT2D eigenvalue weighted by atomic mass is 10.3. The number of nitrogens with one attached hydrogen (secondary N) is 2. The van der Waals surface area contributed by atoms with E-state index >= 15 is 0 Å². The molecule has 2 N–H and O–H groups in total. The fraction of sp³-hybridized carbons (Fsp3) is 0.500. The van der Waals surface area contributed by atoms with Crippen molar-refractivity contribution in [1.82, 2.24) is 15.5 Å². The molecule has 1 saturated carbocycles. The molecule has 1 aliphatic carbocycles. The fourth-order valence-corrected chi connectivity index (χ4v) is 1.86. The van der Waals surface area contributed by atoms with Gasteiger partial charge in [0.05, 0.1) is 25.4 Å². The van der Waals surface area contributed by atoms with E-state index in [-0.39, 0.29) is 12.6 Å². The minimum absolute atomic E-state index is 0.0421. The van der Waals surface area contributed by atoms with E-state index in [1.54, 1.807) is 23.3 Å². The van der Waals surface area contributed by atoms with Crippen LogP contribution in [0.15, 0.2) is 22.8 Å². The number of carbonyl (C=O) groups is 2. The Kier molecular flexibility index (Phi) is 5.35. The molecule has 1 aromatic rings. The molecule has 0 saturated heterocycles. The number of carbonyl (C=O) groups excluding carboxylic acids is 2. The molecule has 2 rings (SSSR count). The summed E-state index contributed by atoms with van der Waals surface area (Å²) in [6, 6.07) is 5.36. The Balaban J connectivity index is 1.79. The highest BCUT2D eigenvalue weighted by Gasteiger charge is 2.24. The highest BCUT2D eigenvalue weighted by Crippen LogP contribution is 2.18. The summed E-state index contributed by atoms with van der Waals surface area (Å²) < 4.78 is 5.23. The molecule has 1 heterocycles. The van der Waals surface area contributed by atoms with E-state index in [2.05, 4.69) is 10.6 Å². The highest BCUT2D eigenvalue weighted by atomic mass is 16.3. The number of nitrogens with zero attached hydrogens (tertiary/aromatic N) is 2. The Labute approximate surface area is 122 Å². The van der Waals surface area contributed by atoms with Crippen LogP contribution in [-0.2, 0) is 11.3 Å². The summed E-state index contributed by atoms with van der Waals surface area (Å²) in [5.41, 5.74) is 0. The molecule has 0 unspecified atom stereocenters. The highest BCUT2D eigenvalue weighted by molar-refractivity contribution is 5.95. The van der Waals surface area contributed by atoms with Gasteiger partial charge in [-0.1, -0.05) is 0 Å². The van der Waals surface area contributed by atoms with Crippen LogP contribution in [-0.4, -0.2) is 36.0 Å². The summed E-state index contributed by atoms with van der Waals surface area (Å²) in [7, 11) is 0. The summed E-state index contributed by atoms with van der Waals surface area (Å²) in [6.45, 7) is 0.904.